The number of benzene rings is 2. The molecule has 0 aliphatic carbocycles. The van der Waals surface area contributed by atoms with Crippen LogP contribution in [0, 0.1) is 18.6 Å². The Hall–Kier alpha value is -1.26. The van der Waals surface area contributed by atoms with Crippen molar-refractivity contribution in [3.05, 3.63) is 69.2 Å². The molecule has 100 valence electrons. The molecule has 0 amide bonds. The lowest BCUT2D eigenvalue weighted by atomic mass is 9.87. The number of halogens is 3. The van der Waals surface area contributed by atoms with Gasteiger partial charge in [-0.1, -0.05) is 24.3 Å². The van der Waals surface area contributed by atoms with Gasteiger partial charge >= 0.3 is 0 Å². The van der Waals surface area contributed by atoms with Gasteiger partial charge in [0, 0.05) is 5.56 Å². The molecule has 0 bridgehead atoms. The highest BCUT2D eigenvalue weighted by molar-refractivity contribution is 9.10. The predicted octanol–water partition coefficient (Wildman–Crippen LogP) is 4.29. The fourth-order valence-corrected chi connectivity index (χ4v) is 2.30. The maximum atomic E-state index is 14.1. The summed E-state index contributed by atoms with van der Waals surface area (Å²) in [6, 6.07) is 9.05. The van der Waals surface area contributed by atoms with Gasteiger partial charge in [0.05, 0.1) is 4.47 Å². The highest BCUT2D eigenvalue weighted by Crippen LogP contribution is 2.34. The van der Waals surface area contributed by atoms with Crippen molar-refractivity contribution >= 4 is 15.9 Å². The van der Waals surface area contributed by atoms with E-state index in [1.807, 2.05) is 0 Å². The van der Waals surface area contributed by atoms with E-state index in [2.05, 4.69) is 15.9 Å². The summed E-state index contributed by atoms with van der Waals surface area (Å²) < 4.78 is 27.9. The summed E-state index contributed by atoms with van der Waals surface area (Å²) in [5.41, 5.74) is -0.699. The first kappa shape index (κ1) is 14.2. The maximum Gasteiger partial charge on any atom is 0.143 e. The number of aliphatic hydroxyl groups is 1. The molecule has 19 heavy (non-hydrogen) atoms. The van der Waals surface area contributed by atoms with E-state index >= 15 is 0 Å². The van der Waals surface area contributed by atoms with E-state index in [0.717, 1.165) is 0 Å². The summed E-state index contributed by atoms with van der Waals surface area (Å²) in [7, 11) is 0. The SMILES string of the molecule is Cc1ccc(C(C)(O)c2cccc(Br)c2F)cc1F. The fourth-order valence-electron chi connectivity index (χ4n) is 1.93. The second-order valence-electron chi connectivity index (χ2n) is 4.64. The molecule has 0 radical (unpaired) electrons. The van der Waals surface area contributed by atoms with E-state index in [4.69, 9.17) is 0 Å². The van der Waals surface area contributed by atoms with Gasteiger partial charge in [-0.05, 0) is 53.0 Å². The largest absolute Gasteiger partial charge is 0.381 e. The molecular weight excluding hydrogens is 314 g/mol. The molecule has 2 rings (SSSR count). The molecule has 1 unspecified atom stereocenters. The van der Waals surface area contributed by atoms with Gasteiger partial charge in [-0.3, -0.25) is 0 Å². The Labute approximate surface area is 119 Å². The number of rotatable bonds is 2. The second-order valence-corrected chi connectivity index (χ2v) is 5.49. The molecular formula is C15H13BrF2O. The van der Waals surface area contributed by atoms with E-state index in [9.17, 15) is 13.9 Å². The van der Waals surface area contributed by atoms with Crippen molar-refractivity contribution < 1.29 is 13.9 Å². The molecule has 0 aliphatic rings. The van der Waals surface area contributed by atoms with Gasteiger partial charge < -0.3 is 5.11 Å². The Bertz CT molecular complexity index is 624. The van der Waals surface area contributed by atoms with Gasteiger partial charge in [-0.2, -0.15) is 0 Å². The number of aryl methyl sites for hydroxylation is 1. The van der Waals surface area contributed by atoms with E-state index in [1.54, 1.807) is 31.2 Å². The van der Waals surface area contributed by atoms with Crippen LogP contribution in [0.2, 0.25) is 0 Å². The highest BCUT2D eigenvalue weighted by atomic mass is 79.9. The van der Waals surface area contributed by atoms with Crippen molar-refractivity contribution in [3.8, 4) is 0 Å². The average Bonchev–Trinajstić information content (AvgIpc) is 2.35. The monoisotopic (exact) mass is 326 g/mol. The first-order chi connectivity index (χ1) is 8.84. The van der Waals surface area contributed by atoms with Crippen LogP contribution in [0.5, 0.6) is 0 Å². The van der Waals surface area contributed by atoms with E-state index in [1.165, 1.54) is 19.1 Å². The Balaban J connectivity index is 2.58. The van der Waals surface area contributed by atoms with Crippen molar-refractivity contribution in [1.82, 2.24) is 0 Å². The van der Waals surface area contributed by atoms with E-state index in [0.29, 0.717) is 11.1 Å². The Morgan fingerprint density at radius 2 is 1.84 bits per heavy atom. The van der Waals surface area contributed by atoms with E-state index < -0.39 is 17.2 Å². The summed E-state index contributed by atoms with van der Waals surface area (Å²) in [5, 5.41) is 10.6. The van der Waals surface area contributed by atoms with Gasteiger partial charge in [-0.25, -0.2) is 8.78 Å². The lowest BCUT2D eigenvalue weighted by Crippen LogP contribution is -2.24. The fraction of sp³-hybridized carbons (Fsp3) is 0.200. The zero-order valence-electron chi connectivity index (χ0n) is 10.5. The minimum atomic E-state index is -1.59. The first-order valence-corrected chi connectivity index (χ1v) is 6.57. The number of hydrogen-bond acceptors (Lipinski definition) is 1. The molecule has 0 fully saturated rings. The molecule has 1 N–H and O–H groups in total. The normalized spacial score (nSPS) is 14.2. The molecule has 0 spiro atoms. The van der Waals surface area contributed by atoms with Crippen LogP contribution >= 0.6 is 15.9 Å². The molecule has 0 aromatic heterocycles. The zero-order chi connectivity index (χ0) is 14.2. The van der Waals surface area contributed by atoms with Crippen LogP contribution in [-0.2, 0) is 5.60 Å². The highest BCUT2D eigenvalue weighted by Gasteiger charge is 2.30. The van der Waals surface area contributed by atoms with Crippen molar-refractivity contribution in [2.75, 3.05) is 0 Å². The lowest BCUT2D eigenvalue weighted by Gasteiger charge is -2.25. The smallest absolute Gasteiger partial charge is 0.143 e. The van der Waals surface area contributed by atoms with Crippen molar-refractivity contribution in [2.45, 2.75) is 19.4 Å². The summed E-state index contributed by atoms with van der Waals surface area (Å²) >= 11 is 3.08. The second kappa shape index (κ2) is 5.02. The Morgan fingerprint density at radius 1 is 1.16 bits per heavy atom. The molecule has 1 nitrogen and oxygen atoms in total. The molecule has 4 heteroatoms. The van der Waals surface area contributed by atoms with Gasteiger partial charge in [0.2, 0.25) is 0 Å². The molecule has 1 atom stereocenters. The van der Waals surface area contributed by atoms with Crippen molar-refractivity contribution in [2.24, 2.45) is 0 Å². The van der Waals surface area contributed by atoms with E-state index in [-0.39, 0.29) is 10.0 Å². The van der Waals surface area contributed by atoms with Crippen LogP contribution in [-0.4, -0.2) is 5.11 Å². The summed E-state index contributed by atoms with van der Waals surface area (Å²) in [5.74, 6) is -0.971. The molecule has 0 heterocycles. The standard InChI is InChI=1S/C15H13BrF2O/c1-9-6-7-10(8-13(9)17)15(2,19)11-4-3-5-12(16)14(11)18/h3-8,19H,1-2H3. The molecule has 2 aromatic rings. The van der Waals surface area contributed by atoms with Crippen LogP contribution in [0.25, 0.3) is 0 Å². The van der Waals surface area contributed by atoms with Crippen molar-refractivity contribution in [1.29, 1.82) is 0 Å². The predicted molar refractivity (Wildman–Crippen MR) is 73.9 cm³/mol. The summed E-state index contributed by atoms with van der Waals surface area (Å²) in [4.78, 5) is 0. The zero-order valence-corrected chi connectivity index (χ0v) is 12.1. The first-order valence-electron chi connectivity index (χ1n) is 5.77. The molecule has 0 aliphatic heterocycles. The number of hydrogen-bond donors (Lipinski definition) is 1. The summed E-state index contributed by atoms with van der Waals surface area (Å²) in [6.45, 7) is 3.08. The minimum Gasteiger partial charge on any atom is -0.381 e. The molecule has 2 aromatic carbocycles. The van der Waals surface area contributed by atoms with Gasteiger partial charge in [0.25, 0.3) is 0 Å². The van der Waals surface area contributed by atoms with Crippen molar-refractivity contribution in [3.63, 3.8) is 0 Å². The minimum absolute atomic E-state index is 0.102. The molecule has 0 saturated heterocycles. The van der Waals surface area contributed by atoms with Crippen LogP contribution in [0.15, 0.2) is 40.9 Å². The van der Waals surface area contributed by atoms with Crippen LogP contribution < -0.4 is 0 Å². The Morgan fingerprint density at radius 3 is 2.47 bits per heavy atom. The van der Waals surface area contributed by atoms with Crippen LogP contribution in [0.4, 0.5) is 8.78 Å². The topological polar surface area (TPSA) is 20.2 Å². The average molecular weight is 327 g/mol. The molecule has 0 saturated carbocycles. The maximum absolute atomic E-state index is 14.1. The quantitative estimate of drug-likeness (QED) is 0.872. The van der Waals surface area contributed by atoms with Gasteiger partial charge in [0.15, 0.2) is 0 Å². The Kier molecular flexibility index (Phi) is 3.74. The third-order valence-electron chi connectivity index (χ3n) is 3.21. The third-order valence-corrected chi connectivity index (χ3v) is 3.82. The van der Waals surface area contributed by atoms with Crippen LogP contribution in [0.1, 0.15) is 23.6 Å². The van der Waals surface area contributed by atoms with Gasteiger partial charge in [0.1, 0.15) is 17.2 Å². The lowest BCUT2D eigenvalue weighted by molar-refractivity contribution is 0.0974. The van der Waals surface area contributed by atoms with Gasteiger partial charge in [-0.15, -0.1) is 0 Å². The third kappa shape index (κ3) is 2.55. The summed E-state index contributed by atoms with van der Waals surface area (Å²) in [6.07, 6.45) is 0. The van der Waals surface area contributed by atoms with Crippen LogP contribution in [0.3, 0.4) is 0 Å².